The van der Waals surface area contributed by atoms with Crippen LogP contribution in [0.25, 0.3) is 21.9 Å². The number of hydrogen-bond acceptors (Lipinski definition) is 14. The number of anilines is 2. The summed E-state index contributed by atoms with van der Waals surface area (Å²) in [6.07, 6.45) is 1.56. The number of nitrogens with one attached hydrogen (secondary N) is 2. The van der Waals surface area contributed by atoms with Crippen molar-refractivity contribution < 1.29 is 52.0 Å². The van der Waals surface area contributed by atoms with Gasteiger partial charge in [-0.25, -0.2) is 8.42 Å². The number of unbranched alkanes of at least 4 members (excludes halogenated alkanes) is 1. The summed E-state index contributed by atoms with van der Waals surface area (Å²) in [5.41, 5.74) is 15.7. The third-order valence-corrected chi connectivity index (χ3v) is 12.2. The molecule has 1 aliphatic rings. The van der Waals surface area contributed by atoms with Gasteiger partial charge in [-0.2, -0.15) is 5.11 Å². The average Bonchev–Trinajstić information content (AvgIpc) is 3.31. The Balaban J connectivity index is 1.27. The fourth-order valence-electron chi connectivity index (χ4n) is 7.33. The van der Waals surface area contributed by atoms with Gasteiger partial charge in [-0.1, -0.05) is 18.2 Å². The number of benzene rings is 4. The zero-order valence-corrected chi connectivity index (χ0v) is 37.0. The zero-order chi connectivity index (χ0) is 46.7. The van der Waals surface area contributed by atoms with E-state index in [1.807, 2.05) is 43.0 Å². The van der Waals surface area contributed by atoms with Gasteiger partial charge >= 0.3 is 11.9 Å². The summed E-state index contributed by atoms with van der Waals surface area (Å²) in [7, 11) is 0. The highest BCUT2D eigenvalue weighted by atomic mass is 32.2. The maximum atomic E-state index is 13.7. The molecule has 5 rings (SSSR count). The number of nitrogens with two attached hydrogens (primary N) is 2. The van der Waals surface area contributed by atoms with E-state index in [0.29, 0.717) is 76.5 Å². The lowest BCUT2D eigenvalue weighted by Crippen LogP contribution is -2.49. The molecule has 11 N–H and O–H groups in total. The monoisotopic (exact) mass is 923 g/mol. The second-order valence-electron chi connectivity index (χ2n) is 15.4. The molecule has 0 bridgehead atoms. The van der Waals surface area contributed by atoms with Crippen molar-refractivity contribution in [2.45, 2.75) is 48.9 Å². The molecule has 1 heterocycles. The summed E-state index contributed by atoms with van der Waals surface area (Å²) in [6.45, 7) is 5.75. The van der Waals surface area contributed by atoms with Crippen molar-refractivity contribution >= 4 is 79.4 Å². The van der Waals surface area contributed by atoms with Gasteiger partial charge in [0.05, 0.1) is 46.2 Å². The minimum absolute atomic E-state index is 0.0344. The molecular formula is C42H53N9O11S2. The van der Waals surface area contributed by atoms with Crippen LogP contribution in [0, 0.1) is 13.8 Å². The molecular weight excluding hydrogens is 871 g/mol. The van der Waals surface area contributed by atoms with Crippen molar-refractivity contribution in [2.75, 3.05) is 76.5 Å². The van der Waals surface area contributed by atoms with E-state index in [4.69, 9.17) is 11.5 Å². The summed E-state index contributed by atoms with van der Waals surface area (Å²) in [5.74, 6) is -3.32. The third kappa shape index (κ3) is 13.2. The number of carbonyl (C=O) groups excluding carboxylic acids is 2. The van der Waals surface area contributed by atoms with Crippen LogP contribution in [0.4, 0.5) is 22.7 Å². The average molecular weight is 924 g/mol. The predicted molar refractivity (Wildman–Crippen MR) is 242 cm³/mol. The molecule has 4 aromatic rings. The number of fused-ring (bicyclic) bond motifs is 1. The summed E-state index contributed by atoms with van der Waals surface area (Å²) >= 11 is -5.16. The number of nitrogen functional groups attached to an aromatic ring is 1. The maximum Gasteiger partial charge on any atom is 0.317 e. The zero-order valence-electron chi connectivity index (χ0n) is 35.4. The highest BCUT2D eigenvalue weighted by Gasteiger charge is 2.25. The van der Waals surface area contributed by atoms with Crippen molar-refractivity contribution in [1.29, 1.82) is 0 Å². The number of carbonyl (C=O) groups is 4. The SMILES string of the molecule is Cc1cc(-c2ccc(NC(=O)[C@@H](CCCCN)NC(=O)CN3CCN(CC(=O)O)CCN(CC(=O)O)CC3)c(C)c2)ccc1N=Nc1ccc2c(S(=O)O)cc(S(=O)O)c(N)c2c1O. The van der Waals surface area contributed by atoms with Crippen LogP contribution in [0.5, 0.6) is 5.75 Å². The first kappa shape index (κ1) is 49.3. The lowest BCUT2D eigenvalue weighted by atomic mass is 10.00. The lowest BCUT2D eigenvalue weighted by molar-refractivity contribution is -0.140. The number of azo groups is 1. The van der Waals surface area contributed by atoms with Gasteiger partial charge in [0, 0.05) is 50.3 Å². The number of phenolic OH excluding ortho intramolecular Hbond substituents is 1. The van der Waals surface area contributed by atoms with Crippen LogP contribution in [-0.4, -0.2) is 143 Å². The van der Waals surface area contributed by atoms with Gasteiger partial charge in [0.25, 0.3) is 0 Å². The number of carboxylic acid groups (broad SMARTS) is 2. The summed E-state index contributed by atoms with van der Waals surface area (Å²) < 4.78 is 43.3. The van der Waals surface area contributed by atoms with E-state index in [0.717, 1.165) is 28.3 Å². The van der Waals surface area contributed by atoms with E-state index in [-0.39, 0.29) is 51.6 Å². The molecule has 1 fully saturated rings. The Morgan fingerprint density at radius 3 is 1.80 bits per heavy atom. The summed E-state index contributed by atoms with van der Waals surface area (Å²) in [6, 6.07) is 13.9. The van der Waals surface area contributed by atoms with E-state index < -0.39 is 57.7 Å². The molecule has 0 aromatic heterocycles. The lowest BCUT2D eigenvalue weighted by Gasteiger charge is -2.26. The van der Waals surface area contributed by atoms with Crippen molar-refractivity contribution in [3.05, 3.63) is 65.7 Å². The smallest absolute Gasteiger partial charge is 0.317 e. The molecule has 0 radical (unpaired) electrons. The fraction of sp³-hybridized carbons (Fsp3) is 0.381. The Morgan fingerprint density at radius 2 is 1.27 bits per heavy atom. The van der Waals surface area contributed by atoms with Gasteiger partial charge in [-0.3, -0.25) is 33.9 Å². The van der Waals surface area contributed by atoms with Crippen molar-refractivity contribution in [3.63, 3.8) is 0 Å². The Morgan fingerprint density at radius 1 is 0.734 bits per heavy atom. The molecule has 3 atom stereocenters. The number of phenols is 1. The van der Waals surface area contributed by atoms with Crippen LogP contribution in [0.2, 0.25) is 0 Å². The van der Waals surface area contributed by atoms with E-state index in [9.17, 15) is 52.0 Å². The fourth-order valence-corrected chi connectivity index (χ4v) is 8.49. The van der Waals surface area contributed by atoms with Gasteiger partial charge in [0.15, 0.2) is 27.9 Å². The number of rotatable bonds is 18. The topological polar surface area (TPSA) is 314 Å². The van der Waals surface area contributed by atoms with E-state index in [1.165, 1.54) is 12.1 Å². The van der Waals surface area contributed by atoms with Gasteiger partial charge in [-0.05, 0) is 98.3 Å². The van der Waals surface area contributed by atoms with Crippen molar-refractivity contribution in [1.82, 2.24) is 20.0 Å². The number of carboxylic acids is 2. The second-order valence-corrected chi connectivity index (χ2v) is 17.3. The second kappa shape index (κ2) is 22.8. The number of nitrogens with zero attached hydrogens (tertiary/aromatic N) is 5. The third-order valence-electron chi connectivity index (χ3n) is 10.8. The normalized spacial score (nSPS) is 15.8. The molecule has 2 unspecified atom stereocenters. The molecule has 20 nitrogen and oxygen atoms in total. The Hall–Kier alpha value is -5.72. The predicted octanol–water partition coefficient (Wildman–Crippen LogP) is 3.63. The van der Waals surface area contributed by atoms with Gasteiger partial charge in [-0.15, -0.1) is 5.11 Å². The van der Waals surface area contributed by atoms with E-state index in [2.05, 4.69) is 20.9 Å². The summed E-state index contributed by atoms with van der Waals surface area (Å²) in [5, 5.41) is 44.1. The number of hydrogen-bond donors (Lipinski definition) is 9. The Labute approximate surface area is 374 Å². The number of aromatic hydroxyl groups is 1. The summed E-state index contributed by atoms with van der Waals surface area (Å²) in [4.78, 5) is 54.8. The molecule has 344 valence electrons. The number of aryl methyl sites for hydroxylation is 2. The van der Waals surface area contributed by atoms with Crippen LogP contribution in [0.3, 0.4) is 0 Å². The quantitative estimate of drug-likeness (QED) is 0.0298. The van der Waals surface area contributed by atoms with Crippen molar-refractivity contribution in [3.8, 4) is 16.9 Å². The molecule has 1 saturated heterocycles. The van der Waals surface area contributed by atoms with Gasteiger partial charge < -0.3 is 46.5 Å². The Bertz CT molecular complexity index is 2440. The van der Waals surface area contributed by atoms with Crippen LogP contribution < -0.4 is 22.1 Å². The maximum absolute atomic E-state index is 13.7. The van der Waals surface area contributed by atoms with Crippen LogP contribution in [0.1, 0.15) is 30.4 Å². The number of amides is 2. The minimum atomic E-state index is -2.61. The molecule has 0 aliphatic carbocycles. The highest BCUT2D eigenvalue weighted by Crippen LogP contribution is 2.43. The first-order chi connectivity index (χ1) is 30.4. The Kier molecular flexibility index (Phi) is 17.5. The minimum Gasteiger partial charge on any atom is -0.505 e. The largest absolute Gasteiger partial charge is 0.505 e. The van der Waals surface area contributed by atoms with E-state index in [1.54, 1.807) is 21.9 Å². The first-order valence-electron chi connectivity index (χ1n) is 20.3. The van der Waals surface area contributed by atoms with E-state index >= 15 is 0 Å². The van der Waals surface area contributed by atoms with Gasteiger partial charge in [0.2, 0.25) is 11.8 Å². The molecule has 0 saturated carbocycles. The molecule has 64 heavy (non-hydrogen) atoms. The molecule has 2 amide bonds. The van der Waals surface area contributed by atoms with Gasteiger partial charge in [0.1, 0.15) is 11.7 Å². The first-order valence-corrected chi connectivity index (χ1v) is 22.5. The molecule has 1 aliphatic heterocycles. The number of aliphatic carboxylic acids is 2. The van der Waals surface area contributed by atoms with Crippen molar-refractivity contribution in [2.24, 2.45) is 16.0 Å². The molecule has 0 spiro atoms. The van der Waals surface area contributed by atoms with Crippen LogP contribution in [-0.2, 0) is 41.3 Å². The standard InChI is InChI=1S/C42H53N9O11S2/c1-25-19-27(28-7-10-31(26(2)20-28)47-48-32-11-8-29-34(63(59)60)21-35(64(61)62)40(44)39(29)41(32)57)6-9-30(25)46-42(58)33(5-3-4-12-43)45-36(52)22-49-13-15-50(23-37(53)54)17-18-51(16-14-49)24-38(55)56/h6-11,19-21,33,57H,3-5,12-18,22-24,43-44H2,1-2H3,(H,45,52)(H,46,58)(H,53,54)(H,55,56)(H,59,60)(H,61,62)/t33-/m1/s1. The molecule has 22 heteroatoms. The van der Waals surface area contributed by atoms with Crippen LogP contribution in [0.15, 0.2) is 74.6 Å². The van der Waals surface area contributed by atoms with Crippen LogP contribution >= 0.6 is 0 Å². The molecule has 4 aromatic carbocycles. The highest BCUT2D eigenvalue weighted by molar-refractivity contribution is 7.80.